The Bertz CT molecular complexity index is 969. The maximum absolute atomic E-state index is 4.72. The van der Waals surface area contributed by atoms with Crippen LogP contribution in [0.4, 0.5) is 5.69 Å². The average molecular weight is 328 g/mol. The molecule has 0 fully saturated rings. The molecule has 0 aliphatic carbocycles. The van der Waals surface area contributed by atoms with E-state index in [1.807, 2.05) is 12.1 Å². The maximum Gasteiger partial charge on any atom is 0.0709 e. The number of benzene rings is 2. The van der Waals surface area contributed by atoms with Crippen LogP contribution in [0.2, 0.25) is 0 Å². The molecule has 1 aliphatic heterocycles. The molecule has 1 aromatic heterocycles. The molecule has 0 spiro atoms. The van der Waals surface area contributed by atoms with Gasteiger partial charge in [0.2, 0.25) is 0 Å². The van der Waals surface area contributed by atoms with Crippen LogP contribution in [0.15, 0.2) is 54.6 Å². The second-order valence-electron chi connectivity index (χ2n) is 7.55. The molecular formula is C23H24N2. The average Bonchev–Trinajstić information content (AvgIpc) is 2.80. The van der Waals surface area contributed by atoms with Crippen molar-refractivity contribution < 1.29 is 0 Å². The monoisotopic (exact) mass is 328 g/mol. The van der Waals surface area contributed by atoms with E-state index in [4.69, 9.17) is 4.98 Å². The van der Waals surface area contributed by atoms with Crippen molar-refractivity contribution in [3.8, 4) is 0 Å². The van der Waals surface area contributed by atoms with Crippen LogP contribution in [0.1, 0.15) is 37.6 Å². The molecule has 2 heteroatoms. The van der Waals surface area contributed by atoms with Crippen molar-refractivity contribution in [2.24, 2.45) is 0 Å². The summed E-state index contributed by atoms with van der Waals surface area (Å²) in [5, 5.41) is 1.18. The smallest absolute Gasteiger partial charge is 0.0709 e. The van der Waals surface area contributed by atoms with E-state index in [9.17, 15) is 0 Å². The minimum atomic E-state index is 0.162. The zero-order valence-electron chi connectivity index (χ0n) is 15.3. The summed E-state index contributed by atoms with van der Waals surface area (Å²) in [5.41, 5.74) is 6.19. The SMILES string of the molecule is CC1N(C)c2ccc(/C=C/c3ccc4ccccc4n3)cc2C1(C)C. The van der Waals surface area contributed by atoms with Crippen molar-refractivity contribution in [2.45, 2.75) is 32.2 Å². The summed E-state index contributed by atoms with van der Waals surface area (Å²) in [6.07, 6.45) is 4.26. The molecule has 1 atom stereocenters. The quantitative estimate of drug-likeness (QED) is 0.615. The highest BCUT2D eigenvalue weighted by atomic mass is 15.2. The lowest BCUT2D eigenvalue weighted by molar-refractivity contribution is 0.454. The summed E-state index contributed by atoms with van der Waals surface area (Å²) in [7, 11) is 2.19. The Kier molecular flexibility index (Phi) is 3.64. The highest BCUT2D eigenvalue weighted by Gasteiger charge is 2.39. The highest BCUT2D eigenvalue weighted by molar-refractivity contribution is 5.81. The lowest BCUT2D eigenvalue weighted by Crippen LogP contribution is -2.36. The van der Waals surface area contributed by atoms with Crippen LogP contribution in [0, 0.1) is 0 Å². The standard InChI is InChI=1S/C23H24N2/c1-16-23(2,3)20-15-17(10-14-22(20)25(16)4)9-12-19-13-11-18-7-5-6-8-21(18)24-19/h5-16H,1-4H3/b12-9+. The second-order valence-corrected chi connectivity index (χ2v) is 7.55. The van der Waals surface area contributed by atoms with Crippen LogP contribution in [0.5, 0.6) is 0 Å². The van der Waals surface area contributed by atoms with E-state index in [-0.39, 0.29) is 5.41 Å². The van der Waals surface area contributed by atoms with Gasteiger partial charge in [-0.2, -0.15) is 0 Å². The van der Waals surface area contributed by atoms with E-state index >= 15 is 0 Å². The first-order valence-electron chi connectivity index (χ1n) is 8.88. The van der Waals surface area contributed by atoms with E-state index in [0.717, 1.165) is 11.2 Å². The molecule has 2 heterocycles. The molecule has 2 aromatic carbocycles. The van der Waals surface area contributed by atoms with Crippen molar-refractivity contribution in [1.29, 1.82) is 0 Å². The number of likely N-dealkylation sites (N-methyl/N-ethyl adjacent to an activating group) is 1. The van der Waals surface area contributed by atoms with Crippen LogP contribution in [-0.4, -0.2) is 18.1 Å². The van der Waals surface area contributed by atoms with Gasteiger partial charge in [0.15, 0.2) is 0 Å². The summed E-state index contributed by atoms with van der Waals surface area (Å²) in [6, 6.07) is 19.7. The lowest BCUT2D eigenvalue weighted by Gasteiger charge is -2.28. The van der Waals surface area contributed by atoms with Gasteiger partial charge in [-0.1, -0.05) is 50.3 Å². The normalized spacial score (nSPS) is 18.9. The third-order valence-corrected chi connectivity index (χ3v) is 5.79. The molecule has 0 bridgehead atoms. The van der Waals surface area contributed by atoms with Crippen LogP contribution in [-0.2, 0) is 5.41 Å². The van der Waals surface area contributed by atoms with E-state index in [2.05, 4.69) is 87.3 Å². The van der Waals surface area contributed by atoms with Gasteiger partial charge in [-0.15, -0.1) is 0 Å². The molecule has 126 valence electrons. The molecule has 0 saturated carbocycles. The van der Waals surface area contributed by atoms with Gasteiger partial charge in [0, 0.05) is 29.6 Å². The Labute approximate surface area is 149 Å². The summed E-state index contributed by atoms with van der Waals surface area (Å²) < 4.78 is 0. The van der Waals surface area contributed by atoms with Crippen molar-refractivity contribution in [1.82, 2.24) is 4.98 Å². The fourth-order valence-corrected chi connectivity index (χ4v) is 3.75. The Morgan fingerprint density at radius 3 is 2.64 bits per heavy atom. The number of hydrogen-bond donors (Lipinski definition) is 0. The molecule has 1 unspecified atom stereocenters. The summed E-state index contributed by atoms with van der Waals surface area (Å²) in [6.45, 7) is 6.96. The number of anilines is 1. The van der Waals surface area contributed by atoms with E-state index < -0.39 is 0 Å². The third-order valence-electron chi connectivity index (χ3n) is 5.79. The van der Waals surface area contributed by atoms with Gasteiger partial charge in [-0.05, 0) is 48.4 Å². The number of hydrogen-bond acceptors (Lipinski definition) is 2. The number of fused-ring (bicyclic) bond motifs is 2. The van der Waals surface area contributed by atoms with Crippen molar-refractivity contribution in [3.05, 3.63) is 71.4 Å². The molecule has 0 amide bonds. The molecule has 1 aliphatic rings. The minimum Gasteiger partial charge on any atom is -0.371 e. The molecule has 0 radical (unpaired) electrons. The van der Waals surface area contributed by atoms with Gasteiger partial charge in [-0.3, -0.25) is 0 Å². The Morgan fingerprint density at radius 2 is 1.80 bits per heavy atom. The summed E-state index contributed by atoms with van der Waals surface area (Å²) in [5.74, 6) is 0. The molecule has 3 aromatic rings. The Morgan fingerprint density at radius 1 is 1.00 bits per heavy atom. The third kappa shape index (κ3) is 2.62. The second kappa shape index (κ2) is 5.73. The fourth-order valence-electron chi connectivity index (χ4n) is 3.75. The first kappa shape index (κ1) is 15.9. The van der Waals surface area contributed by atoms with Crippen molar-refractivity contribution in [3.63, 3.8) is 0 Å². The Hall–Kier alpha value is -2.61. The maximum atomic E-state index is 4.72. The summed E-state index contributed by atoms with van der Waals surface area (Å²) in [4.78, 5) is 7.10. The number of aromatic nitrogens is 1. The molecule has 25 heavy (non-hydrogen) atoms. The van der Waals surface area contributed by atoms with Gasteiger partial charge in [0.25, 0.3) is 0 Å². The molecular weight excluding hydrogens is 304 g/mol. The zero-order chi connectivity index (χ0) is 17.6. The van der Waals surface area contributed by atoms with Gasteiger partial charge in [0.05, 0.1) is 11.2 Å². The predicted molar refractivity (Wildman–Crippen MR) is 108 cm³/mol. The number of rotatable bonds is 2. The first-order valence-corrected chi connectivity index (χ1v) is 8.88. The van der Waals surface area contributed by atoms with Gasteiger partial charge in [0.1, 0.15) is 0 Å². The topological polar surface area (TPSA) is 16.1 Å². The van der Waals surface area contributed by atoms with Crippen LogP contribution < -0.4 is 4.90 Å². The summed E-state index contributed by atoms with van der Waals surface area (Å²) >= 11 is 0. The van der Waals surface area contributed by atoms with E-state index in [1.54, 1.807) is 0 Å². The number of para-hydroxylation sites is 1. The van der Waals surface area contributed by atoms with E-state index in [0.29, 0.717) is 6.04 Å². The zero-order valence-corrected chi connectivity index (χ0v) is 15.3. The number of pyridine rings is 1. The fraction of sp³-hybridized carbons (Fsp3) is 0.261. The van der Waals surface area contributed by atoms with Gasteiger partial charge < -0.3 is 4.90 Å². The van der Waals surface area contributed by atoms with Crippen LogP contribution >= 0.6 is 0 Å². The van der Waals surface area contributed by atoms with E-state index in [1.165, 1.54) is 22.2 Å². The Balaban J connectivity index is 1.67. The van der Waals surface area contributed by atoms with Crippen molar-refractivity contribution >= 4 is 28.7 Å². The van der Waals surface area contributed by atoms with Gasteiger partial charge in [-0.25, -0.2) is 4.98 Å². The predicted octanol–water partition coefficient (Wildman–Crippen LogP) is 5.52. The largest absolute Gasteiger partial charge is 0.371 e. The molecule has 2 nitrogen and oxygen atoms in total. The van der Waals surface area contributed by atoms with Gasteiger partial charge >= 0.3 is 0 Å². The molecule has 0 N–H and O–H groups in total. The number of nitrogens with zero attached hydrogens (tertiary/aromatic N) is 2. The molecule has 0 saturated heterocycles. The lowest BCUT2D eigenvalue weighted by atomic mass is 9.81. The van der Waals surface area contributed by atoms with Crippen molar-refractivity contribution in [2.75, 3.05) is 11.9 Å². The minimum absolute atomic E-state index is 0.162. The molecule has 4 rings (SSSR count). The van der Waals surface area contributed by atoms with Crippen LogP contribution in [0.3, 0.4) is 0 Å². The highest BCUT2D eigenvalue weighted by Crippen LogP contribution is 2.44. The first-order chi connectivity index (χ1) is 12.0. The van der Waals surface area contributed by atoms with Crippen LogP contribution in [0.25, 0.3) is 23.1 Å².